The van der Waals surface area contributed by atoms with Crippen molar-refractivity contribution < 1.29 is 14.6 Å². The Labute approximate surface area is 172 Å². The average molecular weight is 402 g/mol. The summed E-state index contributed by atoms with van der Waals surface area (Å²) in [5, 5.41) is 17.3. The molecule has 158 valence electrons. The van der Waals surface area contributed by atoms with Crippen LogP contribution < -0.4 is 4.74 Å². The summed E-state index contributed by atoms with van der Waals surface area (Å²) in [5.41, 5.74) is 4.08. The van der Waals surface area contributed by atoms with E-state index in [9.17, 15) is 4.79 Å². The minimum atomic E-state index is -0.220. The van der Waals surface area contributed by atoms with Crippen molar-refractivity contribution in [3.8, 4) is 5.75 Å². The second kappa shape index (κ2) is 9.37. The lowest BCUT2D eigenvalue weighted by Crippen LogP contribution is -2.36. The van der Waals surface area contributed by atoms with Crippen LogP contribution in [-0.4, -0.2) is 76.2 Å². The molecule has 1 atom stereocenters. The van der Waals surface area contributed by atoms with E-state index >= 15 is 0 Å². The predicted octanol–water partition coefficient (Wildman–Crippen LogP) is 1.80. The molecule has 29 heavy (non-hydrogen) atoms. The summed E-state index contributed by atoms with van der Waals surface area (Å²) in [6, 6.07) is 4.38. The van der Waals surface area contributed by atoms with Gasteiger partial charge in [-0.3, -0.25) is 9.69 Å². The Morgan fingerprint density at radius 3 is 2.86 bits per heavy atom. The highest BCUT2D eigenvalue weighted by Gasteiger charge is 2.24. The summed E-state index contributed by atoms with van der Waals surface area (Å²) >= 11 is 0. The van der Waals surface area contributed by atoms with E-state index in [0.29, 0.717) is 5.69 Å². The van der Waals surface area contributed by atoms with E-state index < -0.39 is 0 Å². The summed E-state index contributed by atoms with van der Waals surface area (Å²) in [7, 11) is 3.36. The Kier molecular flexibility index (Phi) is 6.87. The van der Waals surface area contributed by atoms with Gasteiger partial charge >= 0.3 is 0 Å². The highest BCUT2D eigenvalue weighted by molar-refractivity contribution is 5.91. The summed E-state index contributed by atoms with van der Waals surface area (Å²) < 4.78 is 7.24. The zero-order valence-corrected chi connectivity index (χ0v) is 17.8. The zero-order chi connectivity index (χ0) is 21.0. The number of carbonyl (C=O) groups excluding carboxylic acids is 1. The van der Waals surface area contributed by atoms with Crippen LogP contribution in [0.2, 0.25) is 0 Å². The van der Waals surface area contributed by atoms with Gasteiger partial charge in [0, 0.05) is 26.7 Å². The van der Waals surface area contributed by atoms with E-state index in [-0.39, 0.29) is 25.1 Å². The largest absolute Gasteiger partial charge is 0.496 e. The number of aliphatic hydroxyl groups is 1. The molecule has 0 saturated carbocycles. The van der Waals surface area contributed by atoms with Gasteiger partial charge in [0.05, 0.1) is 26.0 Å². The lowest BCUT2D eigenvalue weighted by molar-refractivity contribution is 0.0761. The zero-order valence-electron chi connectivity index (χ0n) is 17.8. The van der Waals surface area contributed by atoms with Crippen molar-refractivity contribution in [1.82, 2.24) is 24.8 Å². The number of amides is 1. The van der Waals surface area contributed by atoms with Crippen LogP contribution in [0.4, 0.5) is 0 Å². The molecule has 1 amide bonds. The first-order valence-corrected chi connectivity index (χ1v) is 10.1. The molecule has 8 nitrogen and oxygen atoms in total. The maximum atomic E-state index is 12.3. The van der Waals surface area contributed by atoms with Crippen molar-refractivity contribution in [2.24, 2.45) is 0 Å². The molecule has 1 aromatic heterocycles. The highest BCUT2D eigenvalue weighted by atomic mass is 16.5. The number of carbonyl (C=O) groups is 1. The smallest absolute Gasteiger partial charge is 0.275 e. The Morgan fingerprint density at radius 2 is 2.14 bits per heavy atom. The van der Waals surface area contributed by atoms with Crippen molar-refractivity contribution in [2.45, 2.75) is 39.3 Å². The van der Waals surface area contributed by atoms with Crippen LogP contribution in [-0.2, 0) is 6.54 Å². The molecule has 1 saturated heterocycles. The monoisotopic (exact) mass is 401 g/mol. The first-order valence-electron chi connectivity index (χ1n) is 10.1. The standard InChI is InChI=1S/C21H31N5O3/c1-15-16(2)20(29-4)8-7-17(15)12-25-9-5-6-18(13-25)26-14-19(22-23-26)21(28)24(3)10-11-27/h7-8,14,18,27H,5-6,9-13H2,1-4H3. The predicted molar refractivity (Wildman–Crippen MR) is 110 cm³/mol. The molecule has 1 unspecified atom stereocenters. The molecule has 0 radical (unpaired) electrons. The van der Waals surface area contributed by atoms with E-state index in [1.807, 2.05) is 10.7 Å². The number of methoxy groups -OCH3 is 1. The van der Waals surface area contributed by atoms with Crippen molar-refractivity contribution in [3.63, 3.8) is 0 Å². The molecule has 1 fully saturated rings. The van der Waals surface area contributed by atoms with Crippen LogP contribution in [0.1, 0.15) is 46.1 Å². The van der Waals surface area contributed by atoms with E-state index in [1.54, 1.807) is 20.4 Å². The van der Waals surface area contributed by atoms with E-state index in [2.05, 4.69) is 35.1 Å². The van der Waals surface area contributed by atoms with Gasteiger partial charge in [0.2, 0.25) is 0 Å². The molecular formula is C21H31N5O3. The Hall–Kier alpha value is -2.45. The third kappa shape index (κ3) is 4.76. The molecule has 8 heteroatoms. The fraction of sp³-hybridized carbons (Fsp3) is 0.571. The van der Waals surface area contributed by atoms with Gasteiger partial charge < -0.3 is 14.7 Å². The molecule has 2 heterocycles. The number of piperidine rings is 1. The first kappa shape index (κ1) is 21.3. The average Bonchev–Trinajstić information content (AvgIpc) is 3.22. The fourth-order valence-corrected chi connectivity index (χ4v) is 3.88. The Balaban J connectivity index is 1.67. The number of aromatic nitrogens is 3. The maximum absolute atomic E-state index is 12.3. The number of rotatable bonds is 7. The quantitative estimate of drug-likeness (QED) is 0.762. The van der Waals surface area contributed by atoms with Crippen LogP contribution in [0.5, 0.6) is 5.75 Å². The number of likely N-dealkylation sites (N-methyl/N-ethyl adjacent to an activating group) is 1. The van der Waals surface area contributed by atoms with Crippen LogP contribution in [0, 0.1) is 13.8 Å². The Morgan fingerprint density at radius 1 is 1.34 bits per heavy atom. The molecule has 0 aliphatic carbocycles. The van der Waals surface area contributed by atoms with Crippen molar-refractivity contribution in [2.75, 3.05) is 40.4 Å². The fourth-order valence-electron chi connectivity index (χ4n) is 3.88. The van der Waals surface area contributed by atoms with Gasteiger partial charge in [-0.2, -0.15) is 0 Å². The van der Waals surface area contributed by atoms with Crippen molar-refractivity contribution >= 4 is 5.91 Å². The van der Waals surface area contributed by atoms with Crippen LogP contribution in [0.3, 0.4) is 0 Å². The molecule has 0 spiro atoms. The number of benzene rings is 1. The molecule has 1 aliphatic heterocycles. The number of aliphatic hydroxyl groups excluding tert-OH is 1. The first-order chi connectivity index (χ1) is 13.9. The lowest BCUT2D eigenvalue weighted by Gasteiger charge is -2.33. The molecular weight excluding hydrogens is 370 g/mol. The van der Waals surface area contributed by atoms with Gasteiger partial charge in [0.1, 0.15) is 5.75 Å². The van der Waals surface area contributed by atoms with Gasteiger partial charge in [-0.05, 0) is 56.0 Å². The molecule has 3 rings (SSSR count). The van der Waals surface area contributed by atoms with Crippen LogP contribution in [0.15, 0.2) is 18.3 Å². The van der Waals surface area contributed by atoms with E-state index in [1.165, 1.54) is 21.6 Å². The second-order valence-electron chi connectivity index (χ2n) is 7.74. The molecule has 1 N–H and O–H groups in total. The molecule has 1 aliphatic rings. The van der Waals surface area contributed by atoms with Crippen LogP contribution >= 0.6 is 0 Å². The van der Waals surface area contributed by atoms with Gasteiger partial charge in [0.15, 0.2) is 5.69 Å². The molecule has 1 aromatic carbocycles. The summed E-state index contributed by atoms with van der Waals surface area (Å²) in [5.74, 6) is 0.705. The minimum Gasteiger partial charge on any atom is -0.496 e. The number of ether oxygens (including phenoxy) is 1. The normalized spacial score (nSPS) is 17.3. The Bertz CT molecular complexity index is 851. The van der Waals surface area contributed by atoms with Gasteiger partial charge in [-0.15, -0.1) is 5.10 Å². The number of hydrogen-bond acceptors (Lipinski definition) is 6. The molecule has 0 bridgehead atoms. The van der Waals surface area contributed by atoms with Crippen molar-refractivity contribution in [1.29, 1.82) is 0 Å². The SMILES string of the molecule is COc1ccc(CN2CCCC(n3cc(C(=O)N(C)CCO)nn3)C2)c(C)c1C. The van der Waals surface area contributed by atoms with Gasteiger partial charge in [0.25, 0.3) is 5.91 Å². The summed E-state index contributed by atoms with van der Waals surface area (Å²) in [6.07, 6.45) is 3.82. The third-order valence-electron chi connectivity index (χ3n) is 5.83. The lowest BCUT2D eigenvalue weighted by atomic mass is 10.00. The van der Waals surface area contributed by atoms with E-state index in [0.717, 1.165) is 38.2 Å². The van der Waals surface area contributed by atoms with Gasteiger partial charge in [-0.25, -0.2) is 4.68 Å². The number of hydrogen-bond donors (Lipinski definition) is 1. The minimum absolute atomic E-state index is 0.0712. The topological polar surface area (TPSA) is 83.7 Å². The third-order valence-corrected chi connectivity index (χ3v) is 5.83. The molecule has 2 aromatic rings. The highest BCUT2D eigenvalue weighted by Crippen LogP contribution is 2.27. The van der Waals surface area contributed by atoms with Crippen molar-refractivity contribution in [3.05, 3.63) is 40.7 Å². The number of likely N-dealkylation sites (tertiary alicyclic amines) is 1. The summed E-state index contributed by atoms with van der Waals surface area (Å²) in [4.78, 5) is 16.2. The second-order valence-corrected chi connectivity index (χ2v) is 7.74. The van der Waals surface area contributed by atoms with E-state index in [4.69, 9.17) is 9.84 Å². The summed E-state index contributed by atoms with van der Waals surface area (Å²) in [6.45, 7) is 7.24. The maximum Gasteiger partial charge on any atom is 0.275 e. The number of nitrogens with zero attached hydrogens (tertiary/aromatic N) is 5. The van der Waals surface area contributed by atoms with Gasteiger partial charge in [-0.1, -0.05) is 11.3 Å². The van der Waals surface area contributed by atoms with Crippen LogP contribution in [0.25, 0.3) is 0 Å².